The summed E-state index contributed by atoms with van der Waals surface area (Å²) < 4.78 is 0. The highest BCUT2D eigenvalue weighted by Crippen LogP contribution is 2.30. The van der Waals surface area contributed by atoms with E-state index in [-0.39, 0.29) is 32.5 Å². The maximum atomic E-state index is 13.4. The van der Waals surface area contributed by atoms with Crippen LogP contribution in [0.3, 0.4) is 0 Å². The van der Waals surface area contributed by atoms with Gasteiger partial charge in [-0.3, -0.25) is 28.8 Å². The van der Waals surface area contributed by atoms with Crippen LogP contribution in [0.2, 0.25) is 30.1 Å². The van der Waals surface area contributed by atoms with Crippen molar-refractivity contribution in [3.8, 4) is 0 Å². The fraction of sp³-hybridized carbons (Fsp3) is 0.143. The number of hydrogen-bond donors (Lipinski definition) is 4. The van der Waals surface area contributed by atoms with Crippen molar-refractivity contribution in [3.05, 3.63) is 137 Å². The average Bonchev–Trinajstić information content (AvgIpc) is 3.17. The second kappa shape index (κ2) is 20.9. The summed E-state index contributed by atoms with van der Waals surface area (Å²) in [4.78, 5) is 77.9. The quantitative estimate of drug-likeness (QED) is 0.0630. The minimum Gasteiger partial charge on any atom is -0.324 e. The second-order valence-corrected chi connectivity index (χ2v) is 16.0. The lowest BCUT2D eigenvalue weighted by atomic mass is 10.1. The fourth-order valence-electron chi connectivity index (χ4n) is 5.52. The molecule has 5 aromatic rings. The van der Waals surface area contributed by atoms with E-state index in [1.54, 1.807) is 26.0 Å². The molecule has 0 radical (unpaired) electrons. The lowest BCUT2D eigenvalue weighted by Crippen LogP contribution is -2.32. The number of azo groups is 2. The lowest BCUT2D eigenvalue weighted by Gasteiger charge is -2.16. The molecule has 0 aromatic heterocycles. The predicted molar refractivity (Wildman–Crippen MR) is 243 cm³/mol. The molecule has 0 fully saturated rings. The van der Waals surface area contributed by atoms with Crippen LogP contribution in [0.4, 0.5) is 34.1 Å². The Morgan fingerprint density at radius 3 is 1.13 bits per heavy atom. The molecule has 14 nitrogen and oxygen atoms in total. The van der Waals surface area contributed by atoms with Gasteiger partial charge in [-0.05, 0) is 124 Å². The largest absolute Gasteiger partial charge is 0.324 e. The number of rotatable bonds is 14. The van der Waals surface area contributed by atoms with Gasteiger partial charge in [-0.2, -0.15) is 20.5 Å². The van der Waals surface area contributed by atoms with Crippen molar-refractivity contribution in [1.82, 2.24) is 0 Å². The summed E-state index contributed by atoms with van der Waals surface area (Å²) in [6, 6.07) is 17.3. The molecular formula is C42H32Cl6N8O6. The fourth-order valence-corrected chi connectivity index (χ4v) is 6.98. The first-order valence-corrected chi connectivity index (χ1v) is 20.2. The molecule has 2 unspecified atom stereocenters. The van der Waals surface area contributed by atoms with Crippen molar-refractivity contribution >= 4 is 139 Å². The third-order valence-corrected chi connectivity index (χ3v) is 10.1. The van der Waals surface area contributed by atoms with Crippen LogP contribution >= 0.6 is 69.6 Å². The van der Waals surface area contributed by atoms with Gasteiger partial charge in [0.2, 0.25) is 12.1 Å². The van der Waals surface area contributed by atoms with Gasteiger partial charge in [0.15, 0.2) is 11.6 Å². The molecule has 0 aliphatic carbocycles. The van der Waals surface area contributed by atoms with Gasteiger partial charge >= 0.3 is 0 Å². The number of anilines is 4. The summed E-state index contributed by atoms with van der Waals surface area (Å²) in [6.07, 6.45) is 0. The molecule has 2 atom stereocenters. The van der Waals surface area contributed by atoms with Crippen molar-refractivity contribution in [2.24, 2.45) is 20.5 Å². The number of halogens is 6. The first-order chi connectivity index (χ1) is 29.3. The molecule has 4 amide bonds. The van der Waals surface area contributed by atoms with E-state index in [1.165, 1.54) is 86.6 Å². The van der Waals surface area contributed by atoms with Gasteiger partial charge in [-0.25, -0.2) is 0 Å². The minimum atomic E-state index is -1.58. The van der Waals surface area contributed by atoms with Crippen LogP contribution in [0.25, 0.3) is 0 Å². The smallest absolute Gasteiger partial charge is 0.258 e. The van der Waals surface area contributed by atoms with Crippen molar-refractivity contribution < 1.29 is 28.8 Å². The summed E-state index contributed by atoms with van der Waals surface area (Å²) in [5.41, 5.74) is 2.48. The molecule has 0 aliphatic rings. The lowest BCUT2D eigenvalue weighted by molar-refractivity contribution is -0.127. The van der Waals surface area contributed by atoms with Crippen LogP contribution in [-0.4, -0.2) is 47.3 Å². The van der Waals surface area contributed by atoms with Gasteiger partial charge in [-0.1, -0.05) is 69.6 Å². The first kappa shape index (κ1) is 47.3. The Labute approximate surface area is 384 Å². The molecule has 5 rings (SSSR count). The van der Waals surface area contributed by atoms with Gasteiger partial charge in [0.1, 0.15) is 0 Å². The number of carbonyl (C=O) groups excluding carboxylic acids is 6. The first-order valence-electron chi connectivity index (χ1n) is 18.0. The average molecular weight is 957 g/mol. The highest BCUT2D eigenvalue weighted by molar-refractivity contribution is 6.37. The number of carbonyl (C=O) groups is 6. The minimum absolute atomic E-state index is 0.0260. The van der Waals surface area contributed by atoms with E-state index in [1.807, 2.05) is 0 Å². The second-order valence-electron chi connectivity index (χ2n) is 13.5. The third kappa shape index (κ3) is 12.7. The molecule has 318 valence electrons. The Bertz CT molecular complexity index is 2490. The van der Waals surface area contributed by atoms with Gasteiger partial charge < -0.3 is 21.3 Å². The summed E-state index contributed by atoms with van der Waals surface area (Å²) in [5, 5.41) is 28.0. The van der Waals surface area contributed by atoms with Crippen LogP contribution < -0.4 is 21.3 Å². The summed E-state index contributed by atoms with van der Waals surface area (Å²) in [6.45, 7) is 5.62. The van der Waals surface area contributed by atoms with E-state index >= 15 is 0 Å². The highest BCUT2D eigenvalue weighted by Gasteiger charge is 2.26. The molecule has 4 N–H and O–H groups in total. The molecule has 0 saturated carbocycles. The number of aryl methyl sites for hydroxylation is 2. The maximum absolute atomic E-state index is 13.4. The molecule has 0 aliphatic heterocycles. The van der Waals surface area contributed by atoms with Crippen molar-refractivity contribution in [2.45, 2.75) is 39.8 Å². The number of Topliss-reactive ketones (excluding diaryl/α,β-unsaturated/α-hetero) is 2. The molecular weight excluding hydrogens is 925 g/mol. The van der Waals surface area contributed by atoms with Gasteiger partial charge in [-0.15, -0.1) is 0 Å². The third-order valence-electron chi connectivity index (χ3n) is 8.56. The molecule has 0 heterocycles. The summed E-state index contributed by atoms with van der Waals surface area (Å²) in [5.74, 6) is -4.07. The zero-order valence-electron chi connectivity index (χ0n) is 32.7. The topological polar surface area (TPSA) is 200 Å². The van der Waals surface area contributed by atoms with E-state index in [0.29, 0.717) is 54.0 Å². The highest BCUT2D eigenvalue weighted by atomic mass is 35.5. The molecule has 20 heteroatoms. The van der Waals surface area contributed by atoms with Crippen LogP contribution in [0.15, 0.2) is 105 Å². The van der Waals surface area contributed by atoms with Crippen LogP contribution in [0.1, 0.15) is 45.7 Å². The Kier molecular flexibility index (Phi) is 15.9. The van der Waals surface area contributed by atoms with Gasteiger partial charge in [0.25, 0.3) is 23.6 Å². The van der Waals surface area contributed by atoms with E-state index in [2.05, 4.69) is 41.7 Å². The zero-order valence-corrected chi connectivity index (χ0v) is 37.3. The van der Waals surface area contributed by atoms with E-state index in [9.17, 15) is 28.8 Å². The van der Waals surface area contributed by atoms with E-state index in [4.69, 9.17) is 69.6 Å². The van der Waals surface area contributed by atoms with E-state index in [0.717, 1.165) is 0 Å². The van der Waals surface area contributed by atoms with Crippen molar-refractivity contribution in [3.63, 3.8) is 0 Å². The van der Waals surface area contributed by atoms with Crippen LogP contribution in [0, 0.1) is 13.8 Å². The SMILES string of the molecule is CC(=O)C(N=Nc1ccc(Cl)c(C(=O)Nc2cc(Cl)cc(Cl)c2)c1)C(=O)Nc1cc(C)c(NC(=O)C(N=Nc2ccc(Cl)c(C(=O)Nc3cc(Cl)cc(Cl)c3)c2)C(C)=O)cc1C. The number of nitrogens with one attached hydrogen (secondary N) is 4. The summed E-state index contributed by atoms with van der Waals surface area (Å²) >= 11 is 36.7. The van der Waals surface area contributed by atoms with Crippen molar-refractivity contribution in [1.29, 1.82) is 0 Å². The number of nitrogens with zero attached hydrogens (tertiary/aromatic N) is 4. The predicted octanol–water partition coefficient (Wildman–Crippen LogP) is 12.1. The Morgan fingerprint density at radius 2 is 0.806 bits per heavy atom. The van der Waals surface area contributed by atoms with Crippen molar-refractivity contribution in [2.75, 3.05) is 21.3 Å². The Morgan fingerprint density at radius 1 is 0.468 bits per heavy atom. The van der Waals surface area contributed by atoms with E-state index < -0.39 is 47.3 Å². The zero-order chi connectivity index (χ0) is 45.4. The van der Waals surface area contributed by atoms with Crippen LogP contribution in [-0.2, 0) is 19.2 Å². The molecule has 5 aromatic carbocycles. The molecule has 0 spiro atoms. The monoisotopic (exact) mass is 954 g/mol. The normalized spacial score (nSPS) is 12.2. The number of benzene rings is 5. The Balaban J connectivity index is 1.26. The number of hydrogen-bond acceptors (Lipinski definition) is 10. The van der Waals surface area contributed by atoms with Gasteiger partial charge in [0, 0.05) is 42.8 Å². The maximum Gasteiger partial charge on any atom is 0.258 e. The number of ketones is 2. The van der Waals surface area contributed by atoms with Gasteiger partial charge in [0.05, 0.1) is 32.5 Å². The summed E-state index contributed by atoms with van der Waals surface area (Å²) in [7, 11) is 0. The molecule has 0 saturated heterocycles. The van der Waals surface area contributed by atoms with Crippen LogP contribution in [0.5, 0.6) is 0 Å². The number of amides is 4. The Hall–Kier alpha value is -5.74. The standard InChI is InChI=1S/C42H32Cl6N8O6/c1-19-9-36(52-42(62)38(22(4)58)56-54-28-6-8-34(48)32(18-28)40(60)50-30-15-25(45)12-26(46)16-30)20(2)10-35(19)51-41(61)37(21(3)57)55-53-27-5-7-33(47)31(17-27)39(59)49-29-13-23(43)11-24(44)14-29/h5-18,37-38H,1-4H3,(H,49,59)(H,50,60)(H,51,61)(H,52,62). The molecule has 0 bridgehead atoms. The molecule has 62 heavy (non-hydrogen) atoms.